The molecule has 0 aliphatic carbocycles. The van der Waals surface area contributed by atoms with Crippen LogP contribution in [-0.4, -0.2) is 35.1 Å². The summed E-state index contributed by atoms with van der Waals surface area (Å²) in [5.74, 6) is 0.322. The zero-order valence-corrected chi connectivity index (χ0v) is 14.6. The largest absolute Gasteiger partial charge is 0.507 e. The molecule has 5 heteroatoms. The molecule has 0 bridgehead atoms. The van der Waals surface area contributed by atoms with Crippen molar-refractivity contribution >= 4 is 29.3 Å². The van der Waals surface area contributed by atoms with Gasteiger partial charge in [-0.25, -0.2) is 0 Å². The minimum absolute atomic E-state index is 0.0147. The third kappa shape index (κ3) is 4.07. The molecule has 1 aromatic rings. The number of rotatable bonds is 5. The second-order valence-electron chi connectivity index (χ2n) is 5.24. The number of nitrogens with zero attached hydrogens (tertiary/aromatic N) is 1. The first-order chi connectivity index (χ1) is 10.3. The van der Waals surface area contributed by atoms with E-state index in [1.54, 1.807) is 25.1 Å². The summed E-state index contributed by atoms with van der Waals surface area (Å²) in [7, 11) is 3.59. The zero-order valence-electron chi connectivity index (χ0n) is 13.8. The Bertz CT molecular complexity index is 606. The predicted molar refractivity (Wildman–Crippen MR) is 93.7 cm³/mol. The van der Waals surface area contributed by atoms with Crippen LogP contribution < -0.4 is 4.74 Å². The number of hydrogen-bond acceptors (Lipinski definition) is 4. The van der Waals surface area contributed by atoms with Gasteiger partial charge in [0.15, 0.2) is 5.78 Å². The highest BCUT2D eigenvalue weighted by molar-refractivity contribution is 7.80. The number of hydrogen-bond donors (Lipinski definition) is 1. The van der Waals surface area contributed by atoms with Crippen LogP contribution in [0.5, 0.6) is 11.5 Å². The Labute approximate surface area is 137 Å². The first-order valence-electron chi connectivity index (χ1n) is 7.25. The molecule has 0 aliphatic rings. The van der Waals surface area contributed by atoms with Crippen LogP contribution in [0.25, 0.3) is 6.08 Å². The standard InChI is InChI=1S/C17H23NO3S/c1-6-8-12-10-14(11(3)19)15(20)13(9-7-2)16(12)21-17(22)18(4)5/h6,8,10,20H,7,9H2,1-5H3. The maximum Gasteiger partial charge on any atom is 0.264 e. The van der Waals surface area contributed by atoms with E-state index in [0.29, 0.717) is 28.5 Å². The van der Waals surface area contributed by atoms with Crippen LogP contribution in [0, 0.1) is 0 Å². The number of carbonyl (C=O) groups excluding carboxylic acids is 1. The van der Waals surface area contributed by atoms with Gasteiger partial charge in [-0.2, -0.15) is 0 Å². The fourth-order valence-electron chi connectivity index (χ4n) is 2.09. The highest BCUT2D eigenvalue weighted by Gasteiger charge is 2.21. The van der Waals surface area contributed by atoms with Crippen LogP contribution in [0.3, 0.4) is 0 Å². The Morgan fingerprint density at radius 1 is 1.45 bits per heavy atom. The predicted octanol–water partition coefficient (Wildman–Crippen LogP) is 3.81. The van der Waals surface area contributed by atoms with Crippen LogP contribution in [0.15, 0.2) is 12.1 Å². The van der Waals surface area contributed by atoms with E-state index in [2.05, 4.69) is 0 Å². The lowest BCUT2D eigenvalue weighted by Gasteiger charge is -2.20. The number of benzene rings is 1. The minimum Gasteiger partial charge on any atom is -0.507 e. The maximum atomic E-state index is 11.8. The molecule has 0 aliphatic heterocycles. The van der Waals surface area contributed by atoms with E-state index >= 15 is 0 Å². The number of allylic oxidation sites excluding steroid dienone is 1. The molecule has 1 aromatic carbocycles. The Hall–Kier alpha value is -1.88. The number of carbonyl (C=O) groups is 1. The van der Waals surface area contributed by atoms with Crippen LogP contribution in [0.1, 0.15) is 48.7 Å². The summed E-state index contributed by atoms with van der Waals surface area (Å²) in [5, 5.41) is 10.7. The molecule has 0 saturated carbocycles. The van der Waals surface area contributed by atoms with Gasteiger partial charge in [-0.05, 0) is 38.6 Å². The van der Waals surface area contributed by atoms with E-state index in [-0.39, 0.29) is 11.5 Å². The van der Waals surface area contributed by atoms with Crippen molar-refractivity contribution in [2.45, 2.75) is 33.6 Å². The van der Waals surface area contributed by atoms with Gasteiger partial charge in [-0.3, -0.25) is 4.79 Å². The van der Waals surface area contributed by atoms with Crippen molar-refractivity contribution in [1.29, 1.82) is 0 Å². The fourth-order valence-corrected chi connectivity index (χ4v) is 2.17. The monoisotopic (exact) mass is 321 g/mol. The molecule has 0 heterocycles. The summed E-state index contributed by atoms with van der Waals surface area (Å²) < 4.78 is 5.79. The molecule has 1 N–H and O–H groups in total. The molecule has 0 atom stereocenters. The molecule has 4 nitrogen and oxygen atoms in total. The molecule has 0 fully saturated rings. The molecular formula is C17H23NO3S. The topological polar surface area (TPSA) is 49.8 Å². The van der Waals surface area contributed by atoms with E-state index in [9.17, 15) is 9.90 Å². The molecule has 0 amide bonds. The summed E-state index contributed by atoms with van der Waals surface area (Å²) >= 11 is 5.21. The molecule has 22 heavy (non-hydrogen) atoms. The summed E-state index contributed by atoms with van der Waals surface area (Å²) in [6.45, 7) is 5.33. The Kier molecular flexibility index (Phi) is 6.56. The summed E-state index contributed by atoms with van der Waals surface area (Å²) in [5.41, 5.74) is 1.66. The first kappa shape index (κ1) is 18.2. The van der Waals surface area contributed by atoms with Crippen molar-refractivity contribution in [3.8, 4) is 11.5 Å². The second kappa shape index (κ2) is 7.94. The van der Waals surface area contributed by atoms with E-state index < -0.39 is 0 Å². The van der Waals surface area contributed by atoms with Crippen LogP contribution >= 0.6 is 12.2 Å². The quantitative estimate of drug-likeness (QED) is 0.660. The number of Topliss-reactive ketones (excluding diaryl/α,β-unsaturated/α-hetero) is 1. The number of phenolic OH excluding ortho intramolecular Hbond substituents is 1. The van der Waals surface area contributed by atoms with Crippen molar-refractivity contribution in [2.24, 2.45) is 0 Å². The van der Waals surface area contributed by atoms with Gasteiger partial charge in [0, 0.05) is 25.2 Å². The molecule has 120 valence electrons. The van der Waals surface area contributed by atoms with Crippen molar-refractivity contribution in [2.75, 3.05) is 14.1 Å². The normalized spacial score (nSPS) is 10.8. The van der Waals surface area contributed by atoms with Crippen LogP contribution in [0.2, 0.25) is 0 Å². The summed E-state index contributed by atoms with van der Waals surface area (Å²) in [6.07, 6.45) is 5.12. The molecule has 0 saturated heterocycles. The van der Waals surface area contributed by atoms with E-state index in [1.807, 2.05) is 26.0 Å². The number of phenols is 1. The fraction of sp³-hybridized carbons (Fsp3) is 0.412. The molecule has 0 unspecified atom stereocenters. The maximum absolute atomic E-state index is 11.8. The Morgan fingerprint density at radius 3 is 2.55 bits per heavy atom. The zero-order chi connectivity index (χ0) is 16.9. The average molecular weight is 321 g/mol. The number of thiocarbonyl (C=S) groups is 1. The summed E-state index contributed by atoms with van der Waals surface area (Å²) in [6, 6.07) is 1.64. The van der Waals surface area contributed by atoms with Crippen molar-refractivity contribution in [3.05, 3.63) is 28.8 Å². The lowest BCUT2D eigenvalue weighted by Crippen LogP contribution is -2.26. The van der Waals surface area contributed by atoms with Gasteiger partial charge in [0.05, 0.1) is 5.56 Å². The first-order valence-corrected chi connectivity index (χ1v) is 7.65. The Balaban J connectivity index is 3.57. The van der Waals surface area contributed by atoms with Gasteiger partial charge in [-0.1, -0.05) is 25.5 Å². The minimum atomic E-state index is -0.178. The third-order valence-electron chi connectivity index (χ3n) is 3.16. The van der Waals surface area contributed by atoms with Gasteiger partial charge in [0.2, 0.25) is 0 Å². The van der Waals surface area contributed by atoms with Crippen molar-refractivity contribution in [3.63, 3.8) is 0 Å². The molecule has 0 aromatic heterocycles. The van der Waals surface area contributed by atoms with Gasteiger partial charge in [-0.15, -0.1) is 0 Å². The lowest BCUT2D eigenvalue weighted by atomic mass is 9.97. The van der Waals surface area contributed by atoms with Gasteiger partial charge in [0.25, 0.3) is 5.17 Å². The summed E-state index contributed by atoms with van der Waals surface area (Å²) in [4.78, 5) is 13.4. The van der Waals surface area contributed by atoms with Crippen molar-refractivity contribution < 1.29 is 14.6 Å². The molecule has 1 rings (SSSR count). The molecular weight excluding hydrogens is 298 g/mol. The average Bonchev–Trinajstić information content (AvgIpc) is 2.44. The van der Waals surface area contributed by atoms with Crippen LogP contribution in [-0.2, 0) is 6.42 Å². The molecule has 0 radical (unpaired) electrons. The SMILES string of the molecule is CC=Cc1cc(C(C)=O)c(O)c(CCC)c1OC(=S)N(C)C. The number of aromatic hydroxyl groups is 1. The van der Waals surface area contributed by atoms with Gasteiger partial charge >= 0.3 is 0 Å². The molecule has 0 spiro atoms. The Morgan fingerprint density at radius 2 is 2.09 bits per heavy atom. The number of ketones is 1. The highest BCUT2D eigenvalue weighted by atomic mass is 32.1. The van der Waals surface area contributed by atoms with Crippen molar-refractivity contribution in [1.82, 2.24) is 4.90 Å². The lowest BCUT2D eigenvalue weighted by molar-refractivity contribution is 0.101. The highest BCUT2D eigenvalue weighted by Crippen LogP contribution is 2.37. The second-order valence-corrected chi connectivity index (χ2v) is 5.59. The smallest absolute Gasteiger partial charge is 0.264 e. The van der Waals surface area contributed by atoms with E-state index in [0.717, 1.165) is 12.0 Å². The number of ether oxygens (including phenoxy) is 1. The van der Waals surface area contributed by atoms with Gasteiger partial charge in [0.1, 0.15) is 11.5 Å². The van der Waals surface area contributed by atoms with E-state index in [4.69, 9.17) is 17.0 Å². The van der Waals surface area contributed by atoms with Gasteiger partial charge < -0.3 is 14.7 Å². The van der Waals surface area contributed by atoms with Crippen LogP contribution in [0.4, 0.5) is 0 Å². The van der Waals surface area contributed by atoms with E-state index in [1.165, 1.54) is 6.92 Å². The third-order valence-corrected chi connectivity index (χ3v) is 3.61.